The Morgan fingerprint density at radius 2 is 2.03 bits per heavy atom. The van der Waals surface area contributed by atoms with Gasteiger partial charge in [0.25, 0.3) is 5.56 Å². The Bertz CT molecular complexity index is 1440. The lowest BCUT2D eigenvalue weighted by Crippen LogP contribution is -2.23. The van der Waals surface area contributed by atoms with Crippen molar-refractivity contribution in [2.75, 3.05) is 11.9 Å². The quantitative estimate of drug-likeness (QED) is 0.436. The summed E-state index contributed by atoms with van der Waals surface area (Å²) < 4.78 is 3.53. The smallest absolute Gasteiger partial charge is 0.276 e. The predicted molar refractivity (Wildman–Crippen MR) is 137 cm³/mol. The molecular formula is C27H30N6O. The molecule has 0 saturated carbocycles. The van der Waals surface area contributed by atoms with Crippen molar-refractivity contribution in [3.8, 4) is 5.82 Å². The Hall–Kier alpha value is -3.71. The highest BCUT2D eigenvalue weighted by Gasteiger charge is 2.20. The van der Waals surface area contributed by atoms with Crippen LogP contribution in [0.5, 0.6) is 0 Å². The van der Waals surface area contributed by atoms with Crippen LogP contribution in [0.15, 0.2) is 66.1 Å². The second kappa shape index (κ2) is 8.57. The van der Waals surface area contributed by atoms with Crippen LogP contribution in [0.25, 0.3) is 16.7 Å². The summed E-state index contributed by atoms with van der Waals surface area (Å²) in [6.07, 6.45) is 4.41. The zero-order chi connectivity index (χ0) is 23.9. The maximum atomic E-state index is 13.2. The molecule has 4 aromatic rings. The normalized spacial score (nSPS) is 13.6. The van der Waals surface area contributed by atoms with E-state index in [1.165, 1.54) is 11.1 Å². The SMILES string of the molecule is C=CCn1c(=O)c2cnc(Nc3ccc4c(c3)CNCC4)cc2n1-c1cccc(C(C)(C)C)n1. The van der Waals surface area contributed by atoms with E-state index in [4.69, 9.17) is 4.98 Å². The molecule has 0 aliphatic carbocycles. The van der Waals surface area contributed by atoms with E-state index in [1.807, 2.05) is 28.9 Å². The van der Waals surface area contributed by atoms with Crippen LogP contribution < -0.4 is 16.2 Å². The molecule has 2 N–H and O–H groups in total. The van der Waals surface area contributed by atoms with Crippen LogP contribution in [0.4, 0.5) is 11.5 Å². The van der Waals surface area contributed by atoms with Gasteiger partial charge in [0.2, 0.25) is 0 Å². The fourth-order valence-corrected chi connectivity index (χ4v) is 4.41. The molecule has 0 radical (unpaired) electrons. The van der Waals surface area contributed by atoms with Gasteiger partial charge in [-0.05, 0) is 48.4 Å². The Morgan fingerprint density at radius 3 is 2.82 bits per heavy atom. The number of aromatic nitrogens is 4. The molecule has 7 nitrogen and oxygen atoms in total. The first-order chi connectivity index (χ1) is 16.3. The second-order valence-electron chi connectivity index (χ2n) is 9.74. The summed E-state index contributed by atoms with van der Waals surface area (Å²) >= 11 is 0. The van der Waals surface area contributed by atoms with Crippen LogP contribution in [-0.2, 0) is 24.9 Å². The third kappa shape index (κ3) is 4.03. The molecule has 0 saturated heterocycles. The van der Waals surface area contributed by atoms with E-state index in [9.17, 15) is 4.79 Å². The summed E-state index contributed by atoms with van der Waals surface area (Å²) in [5.74, 6) is 1.37. The number of hydrogen-bond acceptors (Lipinski definition) is 5. The summed E-state index contributed by atoms with van der Waals surface area (Å²) in [4.78, 5) is 22.7. The first kappa shape index (κ1) is 22.1. The number of rotatable bonds is 5. The number of anilines is 2. The molecule has 1 aromatic carbocycles. The number of benzene rings is 1. The number of nitrogens with one attached hydrogen (secondary N) is 2. The molecule has 174 valence electrons. The fourth-order valence-electron chi connectivity index (χ4n) is 4.41. The monoisotopic (exact) mass is 454 g/mol. The standard InChI is InChI=1S/C27H30N6O/c1-5-13-32-26(34)21-17-29-24(30-20-10-9-18-11-12-28-16-19(18)14-20)15-22(21)33(32)25-8-6-7-23(31-25)27(2,3)4/h5-10,14-15,17,28H,1,11-13,16H2,2-4H3,(H,29,30). The molecule has 1 aliphatic rings. The van der Waals surface area contributed by atoms with Crippen LogP contribution in [0.2, 0.25) is 0 Å². The van der Waals surface area contributed by atoms with Gasteiger partial charge < -0.3 is 10.6 Å². The first-order valence-corrected chi connectivity index (χ1v) is 11.6. The number of pyridine rings is 2. The van der Waals surface area contributed by atoms with Crippen molar-refractivity contribution in [3.05, 3.63) is 88.5 Å². The molecule has 0 amide bonds. The Balaban J connectivity index is 1.62. The number of allylic oxidation sites excluding steroid dienone is 1. The van der Waals surface area contributed by atoms with Crippen LogP contribution in [0.1, 0.15) is 37.6 Å². The van der Waals surface area contributed by atoms with Crippen LogP contribution in [-0.4, -0.2) is 25.9 Å². The van der Waals surface area contributed by atoms with Crippen LogP contribution >= 0.6 is 0 Å². The Kier molecular flexibility index (Phi) is 5.57. The molecule has 0 spiro atoms. The van der Waals surface area contributed by atoms with Crippen LogP contribution in [0, 0.1) is 0 Å². The minimum atomic E-state index is -0.114. The van der Waals surface area contributed by atoms with E-state index in [0.717, 1.165) is 36.4 Å². The van der Waals surface area contributed by atoms with Crippen molar-refractivity contribution < 1.29 is 0 Å². The van der Waals surface area contributed by atoms with E-state index in [1.54, 1.807) is 17.0 Å². The largest absolute Gasteiger partial charge is 0.340 e. The molecular weight excluding hydrogens is 424 g/mol. The minimum absolute atomic E-state index is 0.113. The van der Waals surface area contributed by atoms with Crippen molar-refractivity contribution in [2.24, 2.45) is 0 Å². The van der Waals surface area contributed by atoms with Crippen molar-refractivity contribution in [1.29, 1.82) is 0 Å². The van der Waals surface area contributed by atoms with E-state index in [2.05, 4.69) is 61.2 Å². The highest BCUT2D eigenvalue weighted by molar-refractivity contribution is 5.82. The molecule has 0 atom stereocenters. The summed E-state index contributed by atoms with van der Waals surface area (Å²) in [6.45, 7) is 12.5. The van der Waals surface area contributed by atoms with Crippen molar-refractivity contribution in [1.82, 2.24) is 24.6 Å². The highest BCUT2D eigenvalue weighted by atomic mass is 16.1. The van der Waals surface area contributed by atoms with Crippen molar-refractivity contribution >= 4 is 22.4 Å². The van der Waals surface area contributed by atoms with Crippen LogP contribution in [0.3, 0.4) is 0 Å². The number of nitrogens with zero attached hydrogens (tertiary/aromatic N) is 4. The van der Waals surface area contributed by atoms with Gasteiger partial charge in [-0.15, -0.1) is 6.58 Å². The van der Waals surface area contributed by atoms with E-state index >= 15 is 0 Å². The number of hydrogen-bond donors (Lipinski definition) is 2. The van der Waals surface area contributed by atoms with E-state index in [0.29, 0.717) is 23.6 Å². The van der Waals surface area contributed by atoms with Gasteiger partial charge in [-0.1, -0.05) is 39.0 Å². The predicted octanol–water partition coefficient (Wildman–Crippen LogP) is 4.46. The third-order valence-corrected chi connectivity index (χ3v) is 6.20. The van der Waals surface area contributed by atoms with Gasteiger partial charge in [0.15, 0.2) is 5.82 Å². The minimum Gasteiger partial charge on any atom is -0.340 e. The molecule has 0 fully saturated rings. The lowest BCUT2D eigenvalue weighted by Gasteiger charge is -2.19. The van der Waals surface area contributed by atoms with Gasteiger partial charge in [0.05, 0.1) is 17.4 Å². The molecule has 1 aliphatic heterocycles. The third-order valence-electron chi connectivity index (χ3n) is 6.20. The average molecular weight is 455 g/mol. The summed E-state index contributed by atoms with van der Waals surface area (Å²) in [5, 5.41) is 7.38. The zero-order valence-corrected chi connectivity index (χ0v) is 19.9. The van der Waals surface area contributed by atoms with Gasteiger partial charge in [0, 0.05) is 35.6 Å². The molecule has 0 bridgehead atoms. The maximum absolute atomic E-state index is 13.2. The molecule has 4 heterocycles. The number of fused-ring (bicyclic) bond motifs is 2. The van der Waals surface area contributed by atoms with Crippen molar-refractivity contribution in [2.45, 2.75) is 45.7 Å². The summed E-state index contributed by atoms with van der Waals surface area (Å²) in [5.41, 5.74) is 5.14. The molecule has 34 heavy (non-hydrogen) atoms. The van der Waals surface area contributed by atoms with Gasteiger partial charge in [-0.25, -0.2) is 19.3 Å². The fraction of sp³-hybridized carbons (Fsp3) is 0.296. The topological polar surface area (TPSA) is 76.8 Å². The second-order valence-corrected chi connectivity index (χ2v) is 9.74. The Labute approximate surface area is 199 Å². The Morgan fingerprint density at radius 1 is 1.18 bits per heavy atom. The molecule has 3 aromatic heterocycles. The zero-order valence-electron chi connectivity index (χ0n) is 19.9. The summed E-state index contributed by atoms with van der Waals surface area (Å²) in [7, 11) is 0. The van der Waals surface area contributed by atoms with E-state index < -0.39 is 0 Å². The lowest BCUT2D eigenvalue weighted by atomic mass is 9.92. The van der Waals surface area contributed by atoms with Crippen molar-refractivity contribution in [3.63, 3.8) is 0 Å². The molecule has 5 rings (SSSR count). The average Bonchev–Trinajstić information content (AvgIpc) is 3.10. The first-order valence-electron chi connectivity index (χ1n) is 11.6. The van der Waals surface area contributed by atoms with Gasteiger partial charge in [-0.2, -0.15) is 0 Å². The van der Waals surface area contributed by atoms with E-state index in [-0.39, 0.29) is 11.0 Å². The van der Waals surface area contributed by atoms with Gasteiger partial charge in [0.1, 0.15) is 5.82 Å². The maximum Gasteiger partial charge on any atom is 0.276 e. The molecule has 7 heteroatoms. The lowest BCUT2D eigenvalue weighted by molar-refractivity contribution is 0.555. The molecule has 0 unspecified atom stereocenters. The highest BCUT2D eigenvalue weighted by Crippen LogP contribution is 2.26. The van der Waals surface area contributed by atoms with Gasteiger partial charge in [-0.3, -0.25) is 4.79 Å². The summed E-state index contributed by atoms with van der Waals surface area (Å²) in [6, 6.07) is 14.3. The van der Waals surface area contributed by atoms with Gasteiger partial charge >= 0.3 is 0 Å².